The molecule has 4 nitrogen and oxygen atoms in total. The van der Waals surface area contributed by atoms with Gasteiger partial charge in [0.15, 0.2) is 4.67 Å². The molecule has 0 atom stereocenters. The molecule has 3 rings (SSSR count). The van der Waals surface area contributed by atoms with E-state index < -0.39 is 5.97 Å². The van der Waals surface area contributed by atoms with Gasteiger partial charge in [-0.05, 0) is 34.1 Å². The molecule has 2 aromatic heterocycles. The Kier molecular flexibility index (Phi) is 5.05. The van der Waals surface area contributed by atoms with Crippen molar-refractivity contribution in [2.24, 2.45) is 0 Å². The van der Waals surface area contributed by atoms with Crippen LogP contribution in [0.3, 0.4) is 0 Å². The molecule has 0 saturated heterocycles. The maximum absolute atomic E-state index is 11.7. The van der Waals surface area contributed by atoms with E-state index in [1.54, 1.807) is 18.2 Å². The van der Waals surface area contributed by atoms with E-state index in [2.05, 4.69) is 20.9 Å². The molecule has 0 N–H and O–H groups in total. The zero-order valence-electron chi connectivity index (χ0n) is 11.9. The first-order valence-electron chi connectivity index (χ1n) is 6.81. The maximum Gasteiger partial charge on any atom is 0.331 e. The van der Waals surface area contributed by atoms with Gasteiger partial charge in [-0.25, -0.2) is 9.78 Å². The molecule has 0 aliphatic heterocycles. The standard InChI is InChI=1S/C17H12BrNO3S/c18-15-8-6-14(22-15)7-9-16(20)21-10-13-11-23-17(19-13)12-4-2-1-3-5-12/h1-9,11H,10H2. The predicted octanol–water partition coefficient (Wildman–Crippen LogP) is 4.92. The summed E-state index contributed by atoms with van der Waals surface area (Å²) in [4.78, 5) is 16.2. The summed E-state index contributed by atoms with van der Waals surface area (Å²) in [5.41, 5.74) is 1.79. The van der Waals surface area contributed by atoms with Gasteiger partial charge in [0.25, 0.3) is 0 Å². The van der Waals surface area contributed by atoms with Gasteiger partial charge in [0.05, 0.1) is 5.69 Å². The van der Waals surface area contributed by atoms with Gasteiger partial charge in [-0.1, -0.05) is 30.3 Å². The fourth-order valence-electron chi connectivity index (χ4n) is 1.85. The molecule has 0 bridgehead atoms. The van der Waals surface area contributed by atoms with Crippen molar-refractivity contribution in [3.8, 4) is 10.6 Å². The van der Waals surface area contributed by atoms with Crippen LogP contribution in [0.4, 0.5) is 0 Å². The van der Waals surface area contributed by atoms with Crippen LogP contribution < -0.4 is 0 Å². The average molecular weight is 390 g/mol. The molecule has 116 valence electrons. The maximum atomic E-state index is 11.7. The second kappa shape index (κ2) is 7.39. The van der Waals surface area contributed by atoms with Crippen LogP contribution >= 0.6 is 27.3 Å². The number of furan rings is 1. The summed E-state index contributed by atoms with van der Waals surface area (Å²) in [5.74, 6) is 0.139. The fourth-order valence-corrected chi connectivity index (χ4v) is 2.98. The molecule has 0 aliphatic carbocycles. The van der Waals surface area contributed by atoms with Crippen LogP contribution in [0.25, 0.3) is 16.6 Å². The third-order valence-corrected chi connectivity index (χ3v) is 4.28. The van der Waals surface area contributed by atoms with Crippen LogP contribution in [0.2, 0.25) is 0 Å². The lowest BCUT2D eigenvalue weighted by atomic mass is 10.2. The summed E-state index contributed by atoms with van der Waals surface area (Å²) in [6.07, 6.45) is 2.89. The predicted molar refractivity (Wildman–Crippen MR) is 92.8 cm³/mol. The molecule has 0 saturated carbocycles. The van der Waals surface area contributed by atoms with Crippen molar-refractivity contribution in [2.75, 3.05) is 0 Å². The second-order valence-corrected chi connectivity index (χ2v) is 6.23. The van der Waals surface area contributed by atoms with Crippen molar-refractivity contribution in [3.05, 3.63) is 70.0 Å². The molecule has 0 unspecified atom stereocenters. The Hall–Kier alpha value is -2.18. The summed E-state index contributed by atoms with van der Waals surface area (Å²) < 4.78 is 11.0. The first-order valence-corrected chi connectivity index (χ1v) is 8.48. The van der Waals surface area contributed by atoms with E-state index >= 15 is 0 Å². The lowest BCUT2D eigenvalue weighted by molar-refractivity contribution is -0.139. The Labute approximate surface area is 145 Å². The highest BCUT2D eigenvalue weighted by atomic mass is 79.9. The van der Waals surface area contributed by atoms with Crippen LogP contribution in [0.5, 0.6) is 0 Å². The van der Waals surface area contributed by atoms with Gasteiger partial charge in [0.1, 0.15) is 17.4 Å². The monoisotopic (exact) mass is 389 g/mol. The molecular formula is C17H12BrNO3S. The van der Waals surface area contributed by atoms with Crippen LogP contribution in [0, 0.1) is 0 Å². The van der Waals surface area contributed by atoms with Crippen LogP contribution in [-0.4, -0.2) is 11.0 Å². The van der Waals surface area contributed by atoms with Gasteiger partial charge in [0, 0.05) is 17.0 Å². The Morgan fingerprint density at radius 3 is 2.83 bits per heavy atom. The van der Waals surface area contributed by atoms with E-state index in [1.165, 1.54) is 17.4 Å². The Morgan fingerprint density at radius 1 is 1.26 bits per heavy atom. The van der Waals surface area contributed by atoms with Crippen molar-refractivity contribution in [1.29, 1.82) is 0 Å². The van der Waals surface area contributed by atoms with E-state index in [0.29, 0.717) is 10.4 Å². The van der Waals surface area contributed by atoms with Crippen molar-refractivity contribution in [1.82, 2.24) is 4.98 Å². The Bertz CT molecular complexity index is 823. The molecule has 0 radical (unpaired) electrons. The molecule has 2 heterocycles. The van der Waals surface area contributed by atoms with E-state index in [1.807, 2.05) is 35.7 Å². The summed E-state index contributed by atoms with van der Waals surface area (Å²) in [6, 6.07) is 13.4. The quantitative estimate of drug-likeness (QED) is 0.458. The first-order chi connectivity index (χ1) is 11.2. The molecule has 3 aromatic rings. The van der Waals surface area contributed by atoms with Crippen molar-refractivity contribution in [3.63, 3.8) is 0 Å². The first kappa shape index (κ1) is 15.7. The zero-order chi connectivity index (χ0) is 16.1. The summed E-state index contributed by atoms with van der Waals surface area (Å²) in [5, 5.41) is 2.80. The van der Waals surface area contributed by atoms with Gasteiger partial charge in [-0.15, -0.1) is 11.3 Å². The molecular weight excluding hydrogens is 378 g/mol. The number of thiazole rings is 1. The average Bonchev–Trinajstić information content (AvgIpc) is 3.21. The summed E-state index contributed by atoms with van der Waals surface area (Å²) >= 11 is 4.72. The molecule has 1 aromatic carbocycles. The highest BCUT2D eigenvalue weighted by Gasteiger charge is 2.06. The van der Waals surface area contributed by atoms with E-state index in [0.717, 1.165) is 16.3 Å². The van der Waals surface area contributed by atoms with Gasteiger partial charge in [0.2, 0.25) is 0 Å². The fraction of sp³-hybridized carbons (Fsp3) is 0.0588. The number of hydrogen-bond donors (Lipinski definition) is 0. The lowest BCUT2D eigenvalue weighted by Gasteiger charge is -1.98. The second-order valence-electron chi connectivity index (χ2n) is 4.59. The number of aromatic nitrogens is 1. The number of ether oxygens (including phenoxy) is 1. The summed E-state index contributed by atoms with van der Waals surface area (Å²) in [7, 11) is 0. The number of nitrogens with zero attached hydrogens (tertiary/aromatic N) is 1. The number of halogens is 1. The number of esters is 1. The number of benzene rings is 1. The minimum absolute atomic E-state index is 0.147. The molecule has 23 heavy (non-hydrogen) atoms. The van der Waals surface area contributed by atoms with Crippen molar-refractivity contribution in [2.45, 2.75) is 6.61 Å². The third-order valence-electron chi connectivity index (χ3n) is 2.91. The van der Waals surface area contributed by atoms with Crippen LogP contribution in [-0.2, 0) is 16.1 Å². The van der Waals surface area contributed by atoms with E-state index in [-0.39, 0.29) is 6.61 Å². The Morgan fingerprint density at radius 2 is 2.09 bits per heavy atom. The minimum Gasteiger partial charge on any atom is -0.456 e. The number of carbonyl (C=O) groups excluding carboxylic acids is 1. The molecule has 0 aliphatic rings. The van der Waals surface area contributed by atoms with Crippen molar-refractivity contribution < 1.29 is 13.9 Å². The number of hydrogen-bond acceptors (Lipinski definition) is 5. The summed E-state index contributed by atoms with van der Waals surface area (Å²) in [6.45, 7) is 0.147. The minimum atomic E-state index is -0.438. The van der Waals surface area contributed by atoms with Gasteiger partial charge >= 0.3 is 5.97 Å². The zero-order valence-corrected chi connectivity index (χ0v) is 14.3. The molecule has 0 spiro atoms. The van der Waals surface area contributed by atoms with Gasteiger partial charge in [-0.3, -0.25) is 0 Å². The smallest absolute Gasteiger partial charge is 0.331 e. The lowest BCUT2D eigenvalue weighted by Crippen LogP contribution is -2.00. The third kappa shape index (κ3) is 4.40. The van der Waals surface area contributed by atoms with Gasteiger partial charge in [-0.2, -0.15) is 0 Å². The number of carbonyl (C=O) groups is 1. The normalized spacial score (nSPS) is 11.0. The van der Waals surface area contributed by atoms with Gasteiger partial charge < -0.3 is 9.15 Å². The Balaban J connectivity index is 1.55. The molecule has 0 amide bonds. The highest BCUT2D eigenvalue weighted by Crippen LogP contribution is 2.23. The number of rotatable bonds is 5. The molecule has 6 heteroatoms. The van der Waals surface area contributed by atoms with Crippen LogP contribution in [0.15, 0.2) is 63.0 Å². The molecule has 0 fully saturated rings. The SMILES string of the molecule is O=C(C=Cc1ccc(Br)o1)OCc1csc(-c2ccccc2)n1. The van der Waals surface area contributed by atoms with Crippen LogP contribution in [0.1, 0.15) is 11.5 Å². The highest BCUT2D eigenvalue weighted by molar-refractivity contribution is 9.10. The topological polar surface area (TPSA) is 52.3 Å². The van der Waals surface area contributed by atoms with E-state index in [4.69, 9.17) is 9.15 Å². The van der Waals surface area contributed by atoms with E-state index in [9.17, 15) is 4.79 Å². The largest absolute Gasteiger partial charge is 0.456 e. The van der Waals surface area contributed by atoms with Crippen molar-refractivity contribution >= 4 is 39.3 Å².